The first-order valence-corrected chi connectivity index (χ1v) is 11.1. The molecule has 3 aromatic heterocycles. The summed E-state index contributed by atoms with van der Waals surface area (Å²) in [5, 5.41) is 15.7. The van der Waals surface area contributed by atoms with Crippen LogP contribution in [0.3, 0.4) is 0 Å². The predicted octanol–water partition coefficient (Wildman–Crippen LogP) is 3.26. The van der Waals surface area contributed by atoms with Crippen molar-refractivity contribution >= 4 is 22.5 Å². The summed E-state index contributed by atoms with van der Waals surface area (Å²) in [6.45, 7) is 1.22. The maximum absolute atomic E-state index is 14.5. The van der Waals surface area contributed by atoms with E-state index in [2.05, 4.69) is 25.7 Å². The molecule has 12 heteroatoms. The first kappa shape index (κ1) is 22.4. The van der Waals surface area contributed by atoms with Gasteiger partial charge in [-0.05, 0) is 37.2 Å². The molecule has 9 nitrogen and oxygen atoms in total. The van der Waals surface area contributed by atoms with E-state index in [0.29, 0.717) is 35.4 Å². The molecule has 2 atom stereocenters. The molecule has 180 valence electrons. The van der Waals surface area contributed by atoms with E-state index in [1.807, 2.05) is 30.1 Å². The summed E-state index contributed by atoms with van der Waals surface area (Å²) in [5.41, 5.74) is 3.54. The fraction of sp³-hybridized carbons (Fsp3) is 0.455. The number of aryl methyl sites for hydroxylation is 1. The number of benzene rings is 1. The Labute approximate surface area is 193 Å². The normalized spacial score (nSPS) is 19.4. The van der Waals surface area contributed by atoms with E-state index in [1.54, 1.807) is 16.8 Å². The highest BCUT2D eigenvalue weighted by Crippen LogP contribution is 2.33. The highest BCUT2D eigenvalue weighted by Gasteiger charge is 2.28. The number of rotatable bonds is 7. The molecular formula is C22H25F3N8O. The molecule has 5 rings (SSSR count). The molecular weight excluding hydrogens is 449 g/mol. The first-order valence-electron chi connectivity index (χ1n) is 11.1. The second-order valence-corrected chi connectivity index (χ2v) is 8.48. The molecule has 0 amide bonds. The standard InChI is InChI=1S/C22H25F3N8O/c1-31-8-6-16(15(23)12-31)26-22-27-21(34-2)20-14(5-9-33(20)29-22)13-3-4-17-18(11-13)32(30-28-17)10-7-19(24)25/h3-5,9,11,15-16,19H,6-8,10,12H2,1-2H3,(H,26,29)/t15-,16+/m0/s1. The number of piperidine rings is 1. The summed E-state index contributed by atoms with van der Waals surface area (Å²) in [6.07, 6.45) is -1.32. The molecule has 1 aliphatic heterocycles. The molecule has 1 fully saturated rings. The summed E-state index contributed by atoms with van der Waals surface area (Å²) < 4.78 is 48.5. The highest BCUT2D eigenvalue weighted by atomic mass is 19.3. The van der Waals surface area contributed by atoms with Gasteiger partial charge >= 0.3 is 0 Å². The van der Waals surface area contributed by atoms with Gasteiger partial charge in [-0.3, -0.25) is 0 Å². The second-order valence-electron chi connectivity index (χ2n) is 8.48. The summed E-state index contributed by atoms with van der Waals surface area (Å²) in [7, 11) is 3.41. The van der Waals surface area contributed by atoms with Gasteiger partial charge in [0, 0.05) is 37.8 Å². The number of halogens is 3. The van der Waals surface area contributed by atoms with E-state index in [4.69, 9.17) is 4.74 Å². The lowest BCUT2D eigenvalue weighted by Gasteiger charge is -2.32. The smallest absolute Gasteiger partial charge is 0.244 e. The molecule has 0 radical (unpaired) electrons. The monoisotopic (exact) mass is 474 g/mol. The zero-order valence-electron chi connectivity index (χ0n) is 18.8. The van der Waals surface area contributed by atoms with Crippen molar-refractivity contribution in [3.05, 3.63) is 30.5 Å². The molecule has 0 aliphatic carbocycles. The van der Waals surface area contributed by atoms with Gasteiger partial charge in [0.15, 0.2) is 0 Å². The maximum Gasteiger partial charge on any atom is 0.244 e. The maximum atomic E-state index is 14.5. The Morgan fingerprint density at radius 2 is 2.12 bits per heavy atom. The van der Waals surface area contributed by atoms with Crippen LogP contribution in [-0.4, -0.2) is 80.4 Å². The minimum Gasteiger partial charge on any atom is -0.479 e. The largest absolute Gasteiger partial charge is 0.479 e. The number of methoxy groups -OCH3 is 1. The van der Waals surface area contributed by atoms with Crippen molar-refractivity contribution in [3.8, 4) is 17.0 Å². The molecule has 1 aliphatic rings. The molecule has 0 unspecified atom stereocenters. The van der Waals surface area contributed by atoms with Crippen LogP contribution in [0.1, 0.15) is 12.8 Å². The zero-order valence-corrected chi connectivity index (χ0v) is 18.8. The van der Waals surface area contributed by atoms with Gasteiger partial charge in [0.1, 0.15) is 17.2 Å². The van der Waals surface area contributed by atoms with Crippen LogP contribution >= 0.6 is 0 Å². The Balaban J connectivity index is 1.49. The minimum atomic E-state index is -2.41. The quantitative estimate of drug-likeness (QED) is 0.440. The Bertz CT molecular complexity index is 1310. The minimum absolute atomic E-state index is 0.0715. The number of nitrogens with zero attached hydrogens (tertiary/aromatic N) is 7. The van der Waals surface area contributed by atoms with Crippen LogP contribution in [0.25, 0.3) is 27.7 Å². The van der Waals surface area contributed by atoms with Gasteiger partial charge in [0.2, 0.25) is 18.3 Å². The number of hydrogen-bond donors (Lipinski definition) is 1. The van der Waals surface area contributed by atoms with Crippen LogP contribution in [0.15, 0.2) is 30.5 Å². The van der Waals surface area contributed by atoms with Crippen molar-refractivity contribution in [2.24, 2.45) is 0 Å². The lowest BCUT2D eigenvalue weighted by molar-refractivity contribution is 0.130. The number of fused-ring (bicyclic) bond motifs is 2. The molecule has 0 bridgehead atoms. The van der Waals surface area contributed by atoms with E-state index in [0.717, 1.165) is 17.7 Å². The van der Waals surface area contributed by atoms with Crippen molar-refractivity contribution in [1.29, 1.82) is 0 Å². The topological polar surface area (TPSA) is 85.4 Å². The summed E-state index contributed by atoms with van der Waals surface area (Å²) >= 11 is 0. The third-order valence-corrected chi connectivity index (χ3v) is 6.12. The van der Waals surface area contributed by atoms with Gasteiger partial charge in [-0.25, -0.2) is 22.4 Å². The summed E-state index contributed by atoms with van der Waals surface area (Å²) in [4.78, 5) is 6.44. The second kappa shape index (κ2) is 9.09. The Kier molecular flexibility index (Phi) is 5.98. The first-order chi connectivity index (χ1) is 16.4. The number of ether oxygens (including phenoxy) is 1. The van der Waals surface area contributed by atoms with Crippen LogP contribution in [0.5, 0.6) is 5.88 Å². The van der Waals surface area contributed by atoms with Crippen molar-refractivity contribution in [2.45, 2.75) is 38.0 Å². The fourth-order valence-electron chi connectivity index (χ4n) is 4.33. The SMILES string of the molecule is COc1nc(N[C@@H]2CCN(C)C[C@@H]2F)nn2ccc(-c3ccc4nnn(CCC(F)F)c4c3)c12. The van der Waals surface area contributed by atoms with Crippen LogP contribution in [0.4, 0.5) is 19.1 Å². The van der Waals surface area contributed by atoms with E-state index >= 15 is 0 Å². The van der Waals surface area contributed by atoms with E-state index in [-0.39, 0.29) is 25.0 Å². The highest BCUT2D eigenvalue weighted by molar-refractivity contribution is 5.89. The van der Waals surface area contributed by atoms with Crippen molar-refractivity contribution in [2.75, 3.05) is 32.6 Å². The molecule has 1 saturated heterocycles. The summed E-state index contributed by atoms with van der Waals surface area (Å²) in [6, 6.07) is 7.02. The molecule has 34 heavy (non-hydrogen) atoms. The lowest BCUT2D eigenvalue weighted by atomic mass is 10.0. The Morgan fingerprint density at radius 1 is 1.26 bits per heavy atom. The van der Waals surface area contributed by atoms with Crippen LogP contribution in [0.2, 0.25) is 0 Å². The zero-order chi connectivity index (χ0) is 23.8. The number of hydrogen-bond acceptors (Lipinski definition) is 7. The average Bonchev–Trinajstić information content (AvgIpc) is 3.42. The molecule has 1 aromatic carbocycles. The van der Waals surface area contributed by atoms with Gasteiger partial charge in [-0.1, -0.05) is 11.3 Å². The van der Waals surface area contributed by atoms with Crippen molar-refractivity contribution in [1.82, 2.24) is 34.5 Å². The number of aromatic nitrogens is 6. The van der Waals surface area contributed by atoms with Gasteiger partial charge in [0.25, 0.3) is 0 Å². The van der Waals surface area contributed by atoms with Gasteiger partial charge in [0.05, 0.1) is 18.7 Å². The molecule has 4 heterocycles. The van der Waals surface area contributed by atoms with Crippen LogP contribution in [0, 0.1) is 0 Å². The van der Waals surface area contributed by atoms with Crippen molar-refractivity contribution < 1.29 is 17.9 Å². The van der Waals surface area contributed by atoms with Crippen LogP contribution < -0.4 is 10.1 Å². The van der Waals surface area contributed by atoms with Gasteiger partial charge in [-0.15, -0.1) is 10.2 Å². The third-order valence-electron chi connectivity index (χ3n) is 6.12. The lowest BCUT2D eigenvalue weighted by Crippen LogP contribution is -2.46. The summed E-state index contributed by atoms with van der Waals surface area (Å²) in [5.74, 6) is 0.624. The number of likely N-dealkylation sites (tertiary alicyclic amines) is 1. The Morgan fingerprint density at radius 3 is 2.88 bits per heavy atom. The van der Waals surface area contributed by atoms with Gasteiger partial charge < -0.3 is 15.0 Å². The predicted molar refractivity (Wildman–Crippen MR) is 121 cm³/mol. The van der Waals surface area contributed by atoms with E-state index in [1.165, 1.54) is 11.8 Å². The van der Waals surface area contributed by atoms with E-state index < -0.39 is 12.6 Å². The Hall–Kier alpha value is -3.41. The molecule has 4 aromatic rings. The average molecular weight is 474 g/mol. The molecule has 1 N–H and O–H groups in total. The molecule has 0 saturated carbocycles. The number of anilines is 1. The third kappa shape index (κ3) is 4.25. The molecule has 0 spiro atoms. The fourth-order valence-corrected chi connectivity index (χ4v) is 4.33. The number of alkyl halides is 3. The van der Waals surface area contributed by atoms with Crippen molar-refractivity contribution in [3.63, 3.8) is 0 Å². The van der Waals surface area contributed by atoms with E-state index in [9.17, 15) is 13.2 Å². The van der Waals surface area contributed by atoms with Crippen LogP contribution in [-0.2, 0) is 6.54 Å². The van der Waals surface area contributed by atoms with Gasteiger partial charge in [-0.2, -0.15) is 4.98 Å². The number of nitrogens with one attached hydrogen (secondary N) is 1.